The molecule has 0 bridgehead atoms. The van der Waals surface area contributed by atoms with Gasteiger partial charge in [-0.05, 0) is 42.0 Å². The molecular weight excluding hydrogens is 473 g/mol. The van der Waals surface area contributed by atoms with E-state index in [9.17, 15) is 0 Å². The molecule has 29 heavy (non-hydrogen) atoms. The summed E-state index contributed by atoms with van der Waals surface area (Å²) in [5.74, 6) is 0.912. The van der Waals surface area contributed by atoms with Gasteiger partial charge >= 0.3 is 0 Å². The van der Waals surface area contributed by atoms with E-state index in [0.717, 1.165) is 19.0 Å². The van der Waals surface area contributed by atoms with Crippen LogP contribution in [0.15, 0.2) is 72.2 Å². The van der Waals surface area contributed by atoms with Crippen LogP contribution in [-0.2, 0) is 13.1 Å². The number of hydrogen-bond acceptors (Lipinski definition) is 2. The highest BCUT2D eigenvalue weighted by Crippen LogP contribution is 2.25. The molecule has 0 saturated heterocycles. The quantitative estimate of drug-likeness (QED) is 0.286. The minimum absolute atomic E-state index is 0. The summed E-state index contributed by atoms with van der Waals surface area (Å²) in [6, 6.07) is 17.9. The summed E-state index contributed by atoms with van der Waals surface area (Å²) in [5, 5.41) is 6.82. The van der Waals surface area contributed by atoms with Crippen molar-refractivity contribution in [3.63, 3.8) is 0 Å². The van der Waals surface area contributed by atoms with Crippen LogP contribution in [0.5, 0.6) is 0 Å². The van der Waals surface area contributed by atoms with Gasteiger partial charge in [-0.3, -0.25) is 0 Å². The van der Waals surface area contributed by atoms with Crippen molar-refractivity contribution in [3.05, 3.63) is 78.4 Å². The number of hydrogen-bond donors (Lipinski definition) is 2. The summed E-state index contributed by atoms with van der Waals surface area (Å²) in [6.45, 7) is 4.47. The minimum Gasteiger partial charge on any atom is -0.357 e. The van der Waals surface area contributed by atoms with Crippen LogP contribution in [-0.4, -0.2) is 28.1 Å². The number of benzene rings is 2. The molecule has 4 rings (SSSR count). The lowest BCUT2D eigenvalue weighted by molar-refractivity contribution is 0.797. The second kappa shape index (κ2) is 10.4. The molecule has 5 nitrogen and oxygen atoms in total. The first-order valence-electron chi connectivity index (χ1n) is 9.99. The molecular formula is C23H28IN5. The fourth-order valence-electron chi connectivity index (χ4n) is 3.23. The molecule has 2 N–H and O–H groups in total. The monoisotopic (exact) mass is 501 g/mol. The van der Waals surface area contributed by atoms with Crippen molar-refractivity contribution in [1.29, 1.82) is 0 Å². The lowest BCUT2D eigenvalue weighted by Gasteiger charge is -2.12. The molecule has 0 atom stereocenters. The maximum absolute atomic E-state index is 4.80. The summed E-state index contributed by atoms with van der Waals surface area (Å²) in [5.41, 5.74) is 4.96. The molecule has 6 heteroatoms. The first-order valence-corrected chi connectivity index (χ1v) is 9.99. The Morgan fingerprint density at radius 1 is 1.14 bits per heavy atom. The molecule has 2 aromatic carbocycles. The standard InChI is InChI=1S/C23H27N5.HI/c1-2-25-23(27-21-11-12-21)26-15-20-5-3-4-6-22(20)19-9-7-18(8-10-19)16-28-14-13-24-17-28;/h3-10,13-14,17,21H,2,11-12,15-16H2,1H3,(H2,25,26,27);1H. The Morgan fingerprint density at radius 2 is 1.93 bits per heavy atom. The molecule has 0 spiro atoms. The number of guanidine groups is 1. The normalized spacial score (nSPS) is 13.6. The van der Waals surface area contributed by atoms with Gasteiger partial charge < -0.3 is 15.2 Å². The predicted octanol–water partition coefficient (Wildman–Crippen LogP) is 4.43. The van der Waals surface area contributed by atoms with Crippen LogP contribution in [0.1, 0.15) is 30.9 Å². The number of halogens is 1. The van der Waals surface area contributed by atoms with Gasteiger partial charge in [-0.2, -0.15) is 0 Å². The molecule has 1 saturated carbocycles. The third-order valence-corrected chi connectivity index (χ3v) is 4.88. The SMILES string of the molecule is CCNC(=NCc1ccccc1-c1ccc(Cn2ccnc2)cc1)NC1CC1.I. The fourth-order valence-corrected chi connectivity index (χ4v) is 3.23. The lowest BCUT2D eigenvalue weighted by atomic mass is 9.98. The van der Waals surface area contributed by atoms with Crippen LogP contribution in [0.2, 0.25) is 0 Å². The average Bonchev–Trinajstić information content (AvgIpc) is 3.40. The van der Waals surface area contributed by atoms with E-state index in [0.29, 0.717) is 12.6 Å². The van der Waals surface area contributed by atoms with E-state index in [1.54, 1.807) is 0 Å². The molecule has 1 aliphatic rings. The summed E-state index contributed by atoms with van der Waals surface area (Å²) in [7, 11) is 0. The lowest BCUT2D eigenvalue weighted by Crippen LogP contribution is -2.38. The van der Waals surface area contributed by atoms with Crippen molar-refractivity contribution in [1.82, 2.24) is 20.2 Å². The first kappa shape index (κ1) is 21.4. The van der Waals surface area contributed by atoms with Crippen molar-refractivity contribution >= 4 is 29.9 Å². The maximum Gasteiger partial charge on any atom is 0.191 e. The molecule has 1 fully saturated rings. The summed E-state index contributed by atoms with van der Waals surface area (Å²) in [6.07, 6.45) is 8.13. The molecule has 0 radical (unpaired) electrons. The second-order valence-electron chi connectivity index (χ2n) is 7.20. The molecule has 0 unspecified atom stereocenters. The second-order valence-corrected chi connectivity index (χ2v) is 7.20. The van der Waals surface area contributed by atoms with E-state index >= 15 is 0 Å². The fraction of sp³-hybridized carbons (Fsp3) is 0.304. The number of aromatic nitrogens is 2. The van der Waals surface area contributed by atoms with Crippen LogP contribution in [0, 0.1) is 0 Å². The molecule has 0 amide bonds. The van der Waals surface area contributed by atoms with Crippen molar-refractivity contribution in [3.8, 4) is 11.1 Å². The van der Waals surface area contributed by atoms with E-state index in [-0.39, 0.29) is 24.0 Å². The van der Waals surface area contributed by atoms with Crippen molar-refractivity contribution in [2.75, 3.05) is 6.54 Å². The Labute approximate surface area is 189 Å². The maximum atomic E-state index is 4.80. The molecule has 3 aromatic rings. The van der Waals surface area contributed by atoms with Crippen LogP contribution in [0.25, 0.3) is 11.1 Å². The van der Waals surface area contributed by atoms with Gasteiger partial charge in [0.2, 0.25) is 0 Å². The van der Waals surface area contributed by atoms with E-state index in [1.807, 2.05) is 18.7 Å². The molecule has 0 aliphatic heterocycles. The number of nitrogens with one attached hydrogen (secondary N) is 2. The third-order valence-electron chi connectivity index (χ3n) is 4.88. The number of nitrogens with zero attached hydrogens (tertiary/aromatic N) is 3. The topological polar surface area (TPSA) is 54.2 Å². The Kier molecular flexibility index (Phi) is 7.69. The Morgan fingerprint density at radius 3 is 2.62 bits per heavy atom. The first-order chi connectivity index (χ1) is 13.8. The number of imidazole rings is 1. The minimum atomic E-state index is 0. The summed E-state index contributed by atoms with van der Waals surface area (Å²) >= 11 is 0. The van der Waals surface area contributed by atoms with Gasteiger partial charge in [0.15, 0.2) is 5.96 Å². The van der Waals surface area contributed by atoms with Gasteiger partial charge in [-0.1, -0.05) is 48.5 Å². The molecule has 1 aromatic heterocycles. The highest BCUT2D eigenvalue weighted by molar-refractivity contribution is 14.0. The zero-order valence-electron chi connectivity index (χ0n) is 16.7. The molecule has 1 heterocycles. The van der Waals surface area contributed by atoms with Gasteiger partial charge in [-0.25, -0.2) is 9.98 Å². The Balaban J connectivity index is 0.00000240. The van der Waals surface area contributed by atoms with Gasteiger partial charge in [0.05, 0.1) is 12.9 Å². The van der Waals surface area contributed by atoms with E-state index in [2.05, 4.69) is 75.6 Å². The van der Waals surface area contributed by atoms with Gasteiger partial charge in [0, 0.05) is 31.5 Å². The molecule has 152 valence electrons. The van der Waals surface area contributed by atoms with Crippen molar-refractivity contribution < 1.29 is 0 Å². The van der Waals surface area contributed by atoms with E-state index in [4.69, 9.17) is 4.99 Å². The summed E-state index contributed by atoms with van der Waals surface area (Å²) in [4.78, 5) is 8.91. The van der Waals surface area contributed by atoms with Gasteiger partial charge in [0.25, 0.3) is 0 Å². The van der Waals surface area contributed by atoms with Crippen LogP contribution >= 0.6 is 24.0 Å². The Hall–Kier alpha value is -2.35. The number of aliphatic imine (C=N–C) groups is 1. The van der Waals surface area contributed by atoms with Crippen LogP contribution < -0.4 is 10.6 Å². The van der Waals surface area contributed by atoms with Crippen LogP contribution in [0.3, 0.4) is 0 Å². The van der Waals surface area contributed by atoms with E-state index < -0.39 is 0 Å². The smallest absolute Gasteiger partial charge is 0.191 e. The van der Waals surface area contributed by atoms with Crippen molar-refractivity contribution in [2.24, 2.45) is 4.99 Å². The van der Waals surface area contributed by atoms with Gasteiger partial charge in [-0.15, -0.1) is 24.0 Å². The highest BCUT2D eigenvalue weighted by Gasteiger charge is 2.22. The highest BCUT2D eigenvalue weighted by atomic mass is 127. The predicted molar refractivity (Wildman–Crippen MR) is 130 cm³/mol. The van der Waals surface area contributed by atoms with E-state index in [1.165, 1.54) is 35.1 Å². The zero-order valence-corrected chi connectivity index (χ0v) is 19.0. The van der Waals surface area contributed by atoms with Gasteiger partial charge in [0.1, 0.15) is 0 Å². The van der Waals surface area contributed by atoms with Crippen molar-refractivity contribution in [2.45, 2.75) is 38.9 Å². The zero-order chi connectivity index (χ0) is 19.2. The molecule has 1 aliphatic carbocycles. The Bertz CT molecular complexity index is 915. The summed E-state index contributed by atoms with van der Waals surface area (Å²) < 4.78 is 2.08. The number of rotatable bonds is 7. The largest absolute Gasteiger partial charge is 0.357 e. The van der Waals surface area contributed by atoms with Crippen LogP contribution in [0.4, 0.5) is 0 Å². The third kappa shape index (κ3) is 6.06. The average molecular weight is 501 g/mol.